The first-order valence-corrected chi connectivity index (χ1v) is 7.57. The van der Waals surface area contributed by atoms with Gasteiger partial charge in [0.15, 0.2) is 6.10 Å². The summed E-state index contributed by atoms with van der Waals surface area (Å²) in [5, 5.41) is 11.5. The molecular weight excluding hydrogens is 305 g/mol. The fourth-order valence-electron chi connectivity index (χ4n) is 2.34. The molecule has 0 aromatic heterocycles. The van der Waals surface area contributed by atoms with Gasteiger partial charge in [-0.2, -0.15) is 0 Å². The Morgan fingerprint density at radius 1 is 1.43 bits per heavy atom. The predicted octanol–water partition coefficient (Wildman–Crippen LogP) is 1.73. The van der Waals surface area contributed by atoms with Crippen LogP contribution in [0.3, 0.4) is 0 Å². The molecule has 0 bridgehead atoms. The molecule has 0 aliphatic carbocycles. The van der Waals surface area contributed by atoms with Crippen LogP contribution in [0.4, 0.5) is 4.39 Å². The quantitative estimate of drug-likeness (QED) is 0.797. The van der Waals surface area contributed by atoms with Gasteiger partial charge in [0.2, 0.25) is 5.91 Å². The summed E-state index contributed by atoms with van der Waals surface area (Å²) in [5.74, 6) is -1.40. The van der Waals surface area contributed by atoms with Gasteiger partial charge in [0.05, 0.1) is 6.54 Å². The number of carboxylic acids is 1. The van der Waals surface area contributed by atoms with Crippen molar-refractivity contribution in [2.45, 2.75) is 44.5 Å². The lowest BCUT2D eigenvalue weighted by Gasteiger charge is -2.19. The van der Waals surface area contributed by atoms with Gasteiger partial charge in [-0.25, -0.2) is 9.18 Å². The second kappa shape index (κ2) is 7.92. The molecule has 126 valence electrons. The van der Waals surface area contributed by atoms with E-state index in [0.29, 0.717) is 25.0 Å². The minimum atomic E-state index is -1.05. The zero-order valence-electron chi connectivity index (χ0n) is 12.8. The van der Waals surface area contributed by atoms with Crippen LogP contribution in [0, 0.1) is 5.82 Å². The number of aliphatic carboxylic acids is 1. The number of carbonyl (C=O) groups is 2. The SMILES string of the molecule is CCC(CNC(=O)[C@@H]1CC[C@H](C(=O)O)O1)Oc1cccc(F)c1. The maximum Gasteiger partial charge on any atom is 0.332 e. The number of rotatable bonds is 7. The third-order valence-electron chi connectivity index (χ3n) is 3.65. The molecule has 3 atom stereocenters. The molecule has 6 nitrogen and oxygen atoms in total. The lowest BCUT2D eigenvalue weighted by molar-refractivity contribution is -0.151. The van der Waals surface area contributed by atoms with Crippen LogP contribution in [0.2, 0.25) is 0 Å². The molecule has 1 saturated heterocycles. The Morgan fingerprint density at radius 2 is 2.17 bits per heavy atom. The van der Waals surface area contributed by atoms with Crippen molar-refractivity contribution >= 4 is 11.9 Å². The molecule has 2 N–H and O–H groups in total. The van der Waals surface area contributed by atoms with E-state index >= 15 is 0 Å². The lowest BCUT2D eigenvalue weighted by atomic mass is 10.2. The fraction of sp³-hybridized carbons (Fsp3) is 0.500. The van der Waals surface area contributed by atoms with Crippen molar-refractivity contribution < 1.29 is 28.6 Å². The van der Waals surface area contributed by atoms with Crippen molar-refractivity contribution in [3.05, 3.63) is 30.1 Å². The maximum atomic E-state index is 13.1. The van der Waals surface area contributed by atoms with Crippen LogP contribution >= 0.6 is 0 Å². The molecule has 1 aromatic rings. The average molecular weight is 325 g/mol. The van der Waals surface area contributed by atoms with Crippen LogP contribution in [0.15, 0.2) is 24.3 Å². The van der Waals surface area contributed by atoms with E-state index in [2.05, 4.69) is 5.32 Å². The molecular formula is C16H20FNO5. The Morgan fingerprint density at radius 3 is 2.78 bits per heavy atom. The highest BCUT2D eigenvalue weighted by molar-refractivity contribution is 5.82. The first-order chi connectivity index (χ1) is 11.0. The van der Waals surface area contributed by atoms with Gasteiger partial charge in [-0.05, 0) is 31.4 Å². The Bertz CT molecular complexity index is 565. The van der Waals surface area contributed by atoms with Gasteiger partial charge >= 0.3 is 5.97 Å². The normalized spacial score (nSPS) is 21.7. The number of halogens is 1. The number of ether oxygens (including phenoxy) is 2. The van der Waals surface area contributed by atoms with Gasteiger partial charge in [0.25, 0.3) is 0 Å². The highest BCUT2D eigenvalue weighted by Gasteiger charge is 2.34. The number of carboxylic acid groups (broad SMARTS) is 1. The number of hydrogen-bond donors (Lipinski definition) is 2. The first kappa shape index (κ1) is 17.2. The Labute approximate surface area is 133 Å². The van der Waals surface area contributed by atoms with Gasteiger partial charge in [-0.1, -0.05) is 13.0 Å². The molecule has 1 amide bonds. The number of amides is 1. The third-order valence-corrected chi connectivity index (χ3v) is 3.65. The third kappa shape index (κ3) is 4.92. The summed E-state index contributed by atoms with van der Waals surface area (Å²) in [6, 6.07) is 5.80. The molecule has 1 heterocycles. The van der Waals surface area contributed by atoms with Crippen molar-refractivity contribution in [1.82, 2.24) is 5.32 Å². The van der Waals surface area contributed by atoms with Gasteiger partial charge in [-0.15, -0.1) is 0 Å². The van der Waals surface area contributed by atoms with Crippen LogP contribution in [0.1, 0.15) is 26.2 Å². The van der Waals surface area contributed by atoms with Crippen molar-refractivity contribution in [2.24, 2.45) is 0 Å². The van der Waals surface area contributed by atoms with Gasteiger partial charge in [0, 0.05) is 6.07 Å². The van der Waals surface area contributed by atoms with Crippen LogP contribution in [0.25, 0.3) is 0 Å². The number of nitrogens with one attached hydrogen (secondary N) is 1. The van der Waals surface area contributed by atoms with E-state index in [1.165, 1.54) is 12.1 Å². The summed E-state index contributed by atoms with van der Waals surface area (Å²) in [6.07, 6.45) is -0.647. The summed E-state index contributed by atoms with van der Waals surface area (Å²) in [4.78, 5) is 22.8. The molecule has 7 heteroatoms. The van der Waals surface area contributed by atoms with E-state index in [4.69, 9.17) is 14.6 Å². The van der Waals surface area contributed by atoms with Crippen molar-refractivity contribution in [3.63, 3.8) is 0 Å². The first-order valence-electron chi connectivity index (χ1n) is 7.57. The summed E-state index contributed by atoms with van der Waals surface area (Å²) >= 11 is 0. The van der Waals surface area contributed by atoms with E-state index in [-0.39, 0.29) is 24.4 Å². The molecule has 1 aliphatic heterocycles. The number of carbonyl (C=O) groups excluding carboxylic acids is 1. The summed E-state index contributed by atoms with van der Waals surface area (Å²) < 4.78 is 23.9. The smallest absolute Gasteiger partial charge is 0.332 e. The molecule has 23 heavy (non-hydrogen) atoms. The number of benzene rings is 1. The molecule has 0 saturated carbocycles. The minimum absolute atomic E-state index is 0.240. The average Bonchev–Trinajstić information content (AvgIpc) is 3.01. The van der Waals surface area contributed by atoms with E-state index in [1.54, 1.807) is 12.1 Å². The second-order valence-electron chi connectivity index (χ2n) is 5.38. The molecule has 1 aromatic carbocycles. The summed E-state index contributed by atoms with van der Waals surface area (Å²) in [6.45, 7) is 2.13. The summed E-state index contributed by atoms with van der Waals surface area (Å²) in [5.41, 5.74) is 0. The monoisotopic (exact) mass is 325 g/mol. The van der Waals surface area contributed by atoms with Crippen molar-refractivity contribution in [2.75, 3.05) is 6.54 Å². The van der Waals surface area contributed by atoms with Crippen LogP contribution in [0.5, 0.6) is 5.75 Å². The topological polar surface area (TPSA) is 84.9 Å². The zero-order valence-corrected chi connectivity index (χ0v) is 12.8. The highest BCUT2D eigenvalue weighted by atomic mass is 19.1. The Kier molecular flexibility index (Phi) is 5.92. The van der Waals surface area contributed by atoms with E-state index in [1.807, 2.05) is 6.92 Å². The van der Waals surface area contributed by atoms with Crippen molar-refractivity contribution in [3.8, 4) is 5.75 Å². The summed E-state index contributed by atoms with van der Waals surface area (Å²) in [7, 11) is 0. The van der Waals surface area contributed by atoms with Gasteiger partial charge in [-0.3, -0.25) is 4.79 Å². The van der Waals surface area contributed by atoms with Gasteiger partial charge < -0.3 is 19.9 Å². The standard InChI is InChI=1S/C16H20FNO5/c1-2-11(22-12-5-3-4-10(17)8-12)9-18-15(19)13-6-7-14(23-13)16(20)21/h3-5,8,11,13-14H,2,6-7,9H2,1H3,(H,18,19)(H,20,21)/t11?,13-,14+/m0/s1. The largest absolute Gasteiger partial charge is 0.489 e. The Balaban J connectivity index is 1.81. The zero-order chi connectivity index (χ0) is 16.8. The molecule has 1 fully saturated rings. The molecule has 2 rings (SSSR count). The second-order valence-corrected chi connectivity index (χ2v) is 5.38. The van der Waals surface area contributed by atoms with Crippen molar-refractivity contribution in [1.29, 1.82) is 0 Å². The lowest BCUT2D eigenvalue weighted by Crippen LogP contribution is -2.41. The fourth-order valence-corrected chi connectivity index (χ4v) is 2.34. The minimum Gasteiger partial charge on any atom is -0.489 e. The molecule has 1 unspecified atom stereocenters. The van der Waals surface area contributed by atoms with Gasteiger partial charge in [0.1, 0.15) is 23.8 Å². The van der Waals surface area contributed by atoms with E-state index in [9.17, 15) is 14.0 Å². The highest BCUT2D eigenvalue weighted by Crippen LogP contribution is 2.20. The number of hydrogen-bond acceptors (Lipinski definition) is 4. The van der Waals surface area contributed by atoms with E-state index in [0.717, 1.165) is 0 Å². The Hall–Kier alpha value is -2.15. The molecule has 0 spiro atoms. The predicted molar refractivity (Wildman–Crippen MR) is 79.6 cm³/mol. The van der Waals surface area contributed by atoms with Crippen LogP contribution in [-0.4, -0.2) is 41.8 Å². The van der Waals surface area contributed by atoms with Crippen LogP contribution in [-0.2, 0) is 14.3 Å². The molecule has 0 radical (unpaired) electrons. The van der Waals surface area contributed by atoms with E-state index < -0.39 is 18.2 Å². The molecule has 1 aliphatic rings. The maximum absolute atomic E-state index is 13.1. The van der Waals surface area contributed by atoms with Crippen LogP contribution < -0.4 is 10.1 Å².